The zero-order chi connectivity index (χ0) is 13.7. The van der Waals surface area contributed by atoms with Crippen molar-refractivity contribution in [1.82, 2.24) is 9.88 Å². The molecule has 1 N–H and O–H groups in total. The zero-order valence-corrected chi connectivity index (χ0v) is 12.9. The first-order valence-corrected chi connectivity index (χ1v) is 7.75. The molecule has 1 aliphatic heterocycles. The first-order valence-electron chi connectivity index (χ1n) is 6.96. The number of halogens is 1. The molecule has 0 bridgehead atoms. The second kappa shape index (κ2) is 7.10. The largest absolute Gasteiger partial charge is 0.378 e. The number of rotatable bonds is 5. The summed E-state index contributed by atoms with van der Waals surface area (Å²) in [6.07, 6.45) is 6.68. The van der Waals surface area contributed by atoms with Crippen LogP contribution in [0.25, 0.3) is 0 Å². The van der Waals surface area contributed by atoms with Crippen molar-refractivity contribution in [3.8, 4) is 0 Å². The Hall–Kier alpha value is -0.810. The van der Waals surface area contributed by atoms with Crippen molar-refractivity contribution >= 4 is 21.8 Å². The third-order valence-electron chi connectivity index (χ3n) is 3.46. The van der Waals surface area contributed by atoms with E-state index in [1.807, 2.05) is 23.8 Å². The van der Waals surface area contributed by atoms with Crippen molar-refractivity contribution in [1.29, 1.82) is 0 Å². The molecule has 1 atom stereocenters. The van der Waals surface area contributed by atoms with Gasteiger partial charge in [0, 0.05) is 30.4 Å². The molecule has 19 heavy (non-hydrogen) atoms. The number of nitrogens with zero attached hydrogens (tertiary/aromatic N) is 1. The maximum Gasteiger partial charge on any atom is 0.267 e. The van der Waals surface area contributed by atoms with Crippen molar-refractivity contribution < 1.29 is 9.53 Å². The van der Waals surface area contributed by atoms with E-state index in [2.05, 4.69) is 21.2 Å². The molecule has 1 saturated heterocycles. The van der Waals surface area contributed by atoms with E-state index >= 15 is 0 Å². The summed E-state index contributed by atoms with van der Waals surface area (Å²) in [7, 11) is 0. The van der Waals surface area contributed by atoms with E-state index in [1.54, 1.807) is 0 Å². The van der Waals surface area contributed by atoms with Gasteiger partial charge >= 0.3 is 0 Å². The van der Waals surface area contributed by atoms with E-state index in [0.29, 0.717) is 18.3 Å². The molecule has 0 aromatic carbocycles. The Balaban J connectivity index is 1.80. The Morgan fingerprint density at radius 1 is 1.58 bits per heavy atom. The van der Waals surface area contributed by atoms with Crippen molar-refractivity contribution in [2.45, 2.75) is 45.3 Å². The van der Waals surface area contributed by atoms with E-state index in [4.69, 9.17) is 4.74 Å². The van der Waals surface area contributed by atoms with Gasteiger partial charge in [-0.3, -0.25) is 4.79 Å². The summed E-state index contributed by atoms with van der Waals surface area (Å²) in [5.74, 6) is -0.0108. The number of nitrogens with one attached hydrogen (secondary N) is 1. The number of hydrogen-bond acceptors (Lipinski definition) is 2. The standard InChI is InChI=1S/C14H21BrN2O2/c1-2-17-10-11(15)9-13(17)14(18)16-7-6-12-5-3-4-8-19-12/h9-10,12H,2-8H2,1H3,(H,16,18). The van der Waals surface area contributed by atoms with Gasteiger partial charge in [0.25, 0.3) is 5.91 Å². The normalized spacial score (nSPS) is 19.4. The molecule has 0 spiro atoms. The van der Waals surface area contributed by atoms with Crippen LogP contribution in [0.2, 0.25) is 0 Å². The molecule has 5 heteroatoms. The van der Waals surface area contributed by atoms with Crippen LogP contribution in [0.3, 0.4) is 0 Å². The smallest absolute Gasteiger partial charge is 0.267 e. The molecule has 2 heterocycles. The number of aryl methyl sites for hydroxylation is 1. The number of amides is 1. The fourth-order valence-electron chi connectivity index (χ4n) is 2.40. The maximum atomic E-state index is 12.1. The second-order valence-corrected chi connectivity index (χ2v) is 5.78. The molecule has 0 saturated carbocycles. The number of carbonyl (C=O) groups is 1. The van der Waals surface area contributed by atoms with Gasteiger partial charge in [-0.2, -0.15) is 0 Å². The third kappa shape index (κ3) is 4.08. The molecule has 106 valence electrons. The Kier molecular flexibility index (Phi) is 5.45. The Morgan fingerprint density at radius 3 is 3.11 bits per heavy atom. The second-order valence-electron chi connectivity index (χ2n) is 4.86. The highest BCUT2D eigenvalue weighted by Crippen LogP contribution is 2.16. The number of hydrogen-bond donors (Lipinski definition) is 1. The Labute approximate surface area is 122 Å². The Morgan fingerprint density at radius 2 is 2.42 bits per heavy atom. The average molecular weight is 329 g/mol. The van der Waals surface area contributed by atoms with Gasteiger partial charge in [-0.15, -0.1) is 0 Å². The van der Waals surface area contributed by atoms with Gasteiger partial charge in [-0.1, -0.05) is 0 Å². The van der Waals surface area contributed by atoms with Gasteiger partial charge in [0.15, 0.2) is 0 Å². The summed E-state index contributed by atoms with van der Waals surface area (Å²) in [5.41, 5.74) is 0.707. The molecular weight excluding hydrogens is 308 g/mol. The highest BCUT2D eigenvalue weighted by Gasteiger charge is 2.15. The highest BCUT2D eigenvalue weighted by atomic mass is 79.9. The van der Waals surface area contributed by atoms with Crippen molar-refractivity contribution in [2.24, 2.45) is 0 Å². The maximum absolute atomic E-state index is 12.1. The lowest BCUT2D eigenvalue weighted by atomic mass is 10.1. The fraction of sp³-hybridized carbons (Fsp3) is 0.643. The first kappa shape index (κ1) is 14.6. The molecule has 1 unspecified atom stereocenters. The topological polar surface area (TPSA) is 43.3 Å². The van der Waals surface area contributed by atoms with E-state index in [0.717, 1.165) is 30.5 Å². The van der Waals surface area contributed by atoms with Crippen LogP contribution in [0.1, 0.15) is 43.1 Å². The van der Waals surface area contributed by atoms with Crippen molar-refractivity contribution in [3.05, 3.63) is 22.4 Å². The predicted molar refractivity (Wildman–Crippen MR) is 78.3 cm³/mol. The number of aromatic nitrogens is 1. The summed E-state index contributed by atoms with van der Waals surface area (Å²) in [5, 5.41) is 2.97. The molecule has 2 rings (SSSR count). The van der Waals surface area contributed by atoms with E-state index in [1.165, 1.54) is 12.8 Å². The molecule has 0 aliphatic carbocycles. The molecule has 0 radical (unpaired) electrons. The molecule has 1 amide bonds. The van der Waals surface area contributed by atoms with Gasteiger partial charge in [-0.25, -0.2) is 0 Å². The fourth-order valence-corrected chi connectivity index (χ4v) is 2.86. The predicted octanol–water partition coefficient (Wildman–Crippen LogP) is 2.96. The van der Waals surface area contributed by atoms with Crippen molar-refractivity contribution in [3.63, 3.8) is 0 Å². The summed E-state index contributed by atoms with van der Waals surface area (Å²) in [4.78, 5) is 12.1. The summed E-state index contributed by atoms with van der Waals surface area (Å²) in [6, 6.07) is 1.86. The van der Waals surface area contributed by atoms with Crippen LogP contribution in [0.4, 0.5) is 0 Å². The first-order chi connectivity index (χ1) is 9.20. The minimum atomic E-state index is -0.0108. The van der Waals surface area contributed by atoms with Gasteiger partial charge < -0.3 is 14.6 Å². The van der Waals surface area contributed by atoms with Crippen LogP contribution < -0.4 is 5.32 Å². The van der Waals surface area contributed by atoms with E-state index in [-0.39, 0.29) is 5.91 Å². The van der Waals surface area contributed by atoms with Gasteiger partial charge in [0.1, 0.15) is 5.69 Å². The lowest BCUT2D eigenvalue weighted by Gasteiger charge is -2.22. The molecule has 1 aliphatic rings. The van der Waals surface area contributed by atoms with Crippen LogP contribution in [0, 0.1) is 0 Å². The summed E-state index contributed by atoms with van der Waals surface area (Å²) < 4.78 is 8.53. The summed E-state index contributed by atoms with van der Waals surface area (Å²) in [6.45, 7) is 4.36. The quantitative estimate of drug-likeness (QED) is 0.903. The third-order valence-corrected chi connectivity index (χ3v) is 3.90. The minimum Gasteiger partial charge on any atom is -0.378 e. The van der Waals surface area contributed by atoms with Crippen LogP contribution in [0.5, 0.6) is 0 Å². The van der Waals surface area contributed by atoms with Crippen LogP contribution in [-0.2, 0) is 11.3 Å². The average Bonchev–Trinajstić information content (AvgIpc) is 2.81. The van der Waals surface area contributed by atoms with Crippen LogP contribution in [-0.4, -0.2) is 29.7 Å². The van der Waals surface area contributed by atoms with Gasteiger partial charge in [-0.05, 0) is 54.6 Å². The molecular formula is C14H21BrN2O2. The lowest BCUT2D eigenvalue weighted by molar-refractivity contribution is 0.0117. The van der Waals surface area contributed by atoms with Crippen LogP contribution >= 0.6 is 15.9 Å². The minimum absolute atomic E-state index is 0.0108. The zero-order valence-electron chi connectivity index (χ0n) is 11.3. The van der Waals surface area contributed by atoms with Gasteiger partial charge in [0.05, 0.1) is 6.10 Å². The van der Waals surface area contributed by atoms with Crippen LogP contribution in [0.15, 0.2) is 16.7 Å². The van der Waals surface area contributed by atoms with Gasteiger partial charge in [0.2, 0.25) is 0 Å². The van der Waals surface area contributed by atoms with E-state index in [9.17, 15) is 4.79 Å². The monoisotopic (exact) mass is 328 g/mol. The molecule has 4 nitrogen and oxygen atoms in total. The summed E-state index contributed by atoms with van der Waals surface area (Å²) >= 11 is 3.40. The highest BCUT2D eigenvalue weighted by molar-refractivity contribution is 9.10. The molecule has 1 fully saturated rings. The number of ether oxygens (including phenoxy) is 1. The number of carbonyl (C=O) groups excluding carboxylic acids is 1. The Bertz CT molecular complexity index is 425. The molecule has 1 aromatic rings. The molecule has 1 aromatic heterocycles. The van der Waals surface area contributed by atoms with E-state index < -0.39 is 0 Å². The lowest BCUT2D eigenvalue weighted by Crippen LogP contribution is -2.30. The SMILES string of the molecule is CCn1cc(Br)cc1C(=O)NCCC1CCCCO1. The van der Waals surface area contributed by atoms with Crippen molar-refractivity contribution in [2.75, 3.05) is 13.2 Å².